The summed E-state index contributed by atoms with van der Waals surface area (Å²) in [6, 6.07) is 19.9. The first-order valence-electron chi connectivity index (χ1n) is 9.60. The molecule has 0 unspecified atom stereocenters. The molecule has 0 aliphatic rings. The molecule has 3 N–H and O–H groups in total. The number of nitrogens with zero attached hydrogens (tertiary/aromatic N) is 1. The van der Waals surface area contributed by atoms with Gasteiger partial charge in [0.1, 0.15) is 16.9 Å². The lowest BCUT2D eigenvalue weighted by molar-refractivity contribution is 0.102. The Labute approximate surface area is 187 Å². The predicted molar refractivity (Wildman–Crippen MR) is 125 cm³/mol. The first-order chi connectivity index (χ1) is 14.9. The maximum atomic E-state index is 13.1. The average molecular weight is 478 g/mol. The van der Waals surface area contributed by atoms with Gasteiger partial charge in [-0.15, -0.1) is 5.10 Å². The number of aryl methyl sites for hydroxylation is 2. The van der Waals surface area contributed by atoms with Crippen LogP contribution in [0.3, 0.4) is 0 Å². The van der Waals surface area contributed by atoms with Crippen LogP contribution in [0.4, 0.5) is 11.4 Å². The highest BCUT2D eigenvalue weighted by molar-refractivity contribution is 9.10. The Bertz CT molecular complexity index is 1340. The van der Waals surface area contributed by atoms with Gasteiger partial charge in [-0.05, 0) is 67.9 Å². The third kappa shape index (κ3) is 4.78. The van der Waals surface area contributed by atoms with Crippen LogP contribution in [0.15, 0.2) is 80.7 Å². The molecule has 0 spiro atoms. The summed E-state index contributed by atoms with van der Waals surface area (Å²) in [6.07, 6.45) is 0. The van der Waals surface area contributed by atoms with Gasteiger partial charge in [-0.2, -0.15) is 0 Å². The number of halogens is 1. The Morgan fingerprint density at radius 2 is 1.71 bits per heavy atom. The van der Waals surface area contributed by atoms with E-state index in [-0.39, 0.29) is 16.9 Å². The van der Waals surface area contributed by atoms with Crippen molar-refractivity contribution in [2.45, 2.75) is 13.8 Å². The smallest absolute Gasteiger partial charge is 0.261 e. The second-order valence-corrected chi connectivity index (χ2v) is 8.11. The first-order valence-corrected chi connectivity index (χ1v) is 10.4. The predicted octanol–water partition coefficient (Wildman–Crippen LogP) is 5.70. The molecule has 0 bridgehead atoms. The van der Waals surface area contributed by atoms with Gasteiger partial charge in [0.2, 0.25) is 5.55 Å². The largest absolute Gasteiger partial charge is 0.508 e. The lowest BCUT2D eigenvalue weighted by Gasteiger charge is -2.09. The van der Waals surface area contributed by atoms with E-state index in [1.165, 1.54) is 6.07 Å². The van der Waals surface area contributed by atoms with Crippen LogP contribution in [-0.2, 0) is 0 Å². The van der Waals surface area contributed by atoms with E-state index in [9.17, 15) is 9.90 Å². The zero-order valence-corrected chi connectivity index (χ0v) is 18.5. The molecule has 0 aliphatic heterocycles. The van der Waals surface area contributed by atoms with Gasteiger partial charge in [0.25, 0.3) is 5.91 Å². The van der Waals surface area contributed by atoms with Crippen molar-refractivity contribution in [3.8, 4) is 5.75 Å². The standard InChI is InChI=1S/C24H20BrN3O3/c1-14-3-10-22-16(11-14)12-20(23(30)26-19-7-4-15(2)21(29)13-19)24(31-22)28-27-18-8-5-17(25)6-9-18/h3-13,27,29H,1-2H3,(H,26,30)/b28-24+. The summed E-state index contributed by atoms with van der Waals surface area (Å²) in [4.78, 5) is 13.1. The molecule has 0 atom stereocenters. The number of benzene rings is 3. The highest BCUT2D eigenvalue weighted by Crippen LogP contribution is 2.22. The molecule has 1 heterocycles. The SMILES string of the molecule is Cc1ccc2o/c(=N/Nc3ccc(Br)cc3)c(C(=O)Nc3ccc(C)c(O)c3)cc2c1. The Morgan fingerprint density at radius 1 is 0.968 bits per heavy atom. The van der Waals surface area contributed by atoms with Gasteiger partial charge in [-0.1, -0.05) is 33.6 Å². The zero-order chi connectivity index (χ0) is 22.0. The number of fused-ring (bicyclic) bond motifs is 1. The normalized spacial score (nSPS) is 11.5. The van der Waals surface area contributed by atoms with Crippen molar-refractivity contribution >= 4 is 44.2 Å². The van der Waals surface area contributed by atoms with Crippen LogP contribution >= 0.6 is 15.9 Å². The van der Waals surface area contributed by atoms with Crippen LogP contribution in [-0.4, -0.2) is 11.0 Å². The lowest BCUT2D eigenvalue weighted by Crippen LogP contribution is -2.22. The third-order valence-corrected chi connectivity index (χ3v) is 5.27. The van der Waals surface area contributed by atoms with Gasteiger partial charge in [0.15, 0.2) is 0 Å². The Balaban J connectivity index is 1.75. The number of phenols is 1. The fraction of sp³-hybridized carbons (Fsp3) is 0.0833. The molecule has 0 saturated carbocycles. The van der Waals surface area contributed by atoms with Crippen LogP contribution in [0, 0.1) is 13.8 Å². The monoisotopic (exact) mass is 477 g/mol. The molecule has 6 nitrogen and oxygen atoms in total. The van der Waals surface area contributed by atoms with E-state index < -0.39 is 5.91 Å². The fourth-order valence-electron chi connectivity index (χ4n) is 3.02. The molecule has 1 aromatic heterocycles. The fourth-order valence-corrected chi connectivity index (χ4v) is 3.29. The number of hydrogen-bond donors (Lipinski definition) is 3. The minimum absolute atomic E-state index is 0.110. The molecule has 0 radical (unpaired) electrons. The van der Waals surface area contributed by atoms with E-state index in [1.807, 2.05) is 49.4 Å². The summed E-state index contributed by atoms with van der Waals surface area (Å²) in [5.74, 6) is -0.287. The van der Waals surface area contributed by atoms with Gasteiger partial charge in [0.05, 0.1) is 5.69 Å². The van der Waals surface area contributed by atoms with Crippen molar-refractivity contribution in [1.29, 1.82) is 0 Å². The number of aromatic hydroxyl groups is 1. The number of anilines is 2. The van der Waals surface area contributed by atoms with Gasteiger partial charge >= 0.3 is 0 Å². The molecule has 31 heavy (non-hydrogen) atoms. The number of carbonyl (C=O) groups is 1. The number of nitrogens with one attached hydrogen (secondary N) is 2. The van der Waals surface area contributed by atoms with Crippen molar-refractivity contribution in [2.24, 2.45) is 5.10 Å². The van der Waals surface area contributed by atoms with Crippen molar-refractivity contribution < 1.29 is 14.3 Å². The molecule has 4 aromatic rings. The van der Waals surface area contributed by atoms with Crippen molar-refractivity contribution in [3.63, 3.8) is 0 Å². The zero-order valence-electron chi connectivity index (χ0n) is 16.9. The second-order valence-electron chi connectivity index (χ2n) is 7.19. The molecular formula is C24H20BrN3O3. The van der Waals surface area contributed by atoms with Crippen molar-refractivity contribution in [3.05, 3.63) is 93.4 Å². The molecule has 156 valence electrons. The number of hydrogen-bond acceptors (Lipinski definition) is 5. The van der Waals surface area contributed by atoms with Gasteiger partial charge in [-0.3, -0.25) is 10.2 Å². The highest BCUT2D eigenvalue weighted by Gasteiger charge is 2.14. The minimum atomic E-state index is -0.397. The second kappa shape index (κ2) is 8.65. The van der Waals surface area contributed by atoms with Crippen LogP contribution < -0.4 is 16.3 Å². The van der Waals surface area contributed by atoms with E-state index in [4.69, 9.17) is 4.42 Å². The summed E-state index contributed by atoms with van der Waals surface area (Å²) >= 11 is 3.40. The minimum Gasteiger partial charge on any atom is -0.508 e. The van der Waals surface area contributed by atoms with Crippen molar-refractivity contribution in [1.82, 2.24) is 0 Å². The Hall–Kier alpha value is -3.58. The highest BCUT2D eigenvalue weighted by atomic mass is 79.9. The Kier molecular flexibility index (Phi) is 5.77. The molecule has 7 heteroatoms. The van der Waals surface area contributed by atoms with E-state index in [1.54, 1.807) is 25.1 Å². The van der Waals surface area contributed by atoms with Crippen molar-refractivity contribution in [2.75, 3.05) is 10.7 Å². The summed E-state index contributed by atoms with van der Waals surface area (Å²) in [5.41, 5.74) is 6.96. The van der Waals surface area contributed by atoms with Crippen LogP contribution in [0.5, 0.6) is 5.75 Å². The van der Waals surface area contributed by atoms with E-state index in [0.29, 0.717) is 11.3 Å². The molecule has 0 saturated heterocycles. The summed E-state index contributed by atoms with van der Waals surface area (Å²) in [7, 11) is 0. The number of phenolic OH excluding ortho intramolecular Hbond substituents is 1. The van der Waals surface area contributed by atoms with Crippen LogP contribution in [0.25, 0.3) is 11.0 Å². The van der Waals surface area contributed by atoms with Gasteiger partial charge in [0, 0.05) is 21.6 Å². The van der Waals surface area contributed by atoms with Gasteiger partial charge < -0.3 is 14.8 Å². The quantitative estimate of drug-likeness (QED) is 0.329. The summed E-state index contributed by atoms with van der Waals surface area (Å²) in [6.45, 7) is 3.76. The maximum absolute atomic E-state index is 13.1. The molecule has 4 rings (SSSR count). The van der Waals surface area contributed by atoms with Crippen LogP contribution in [0.1, 0.15) is 21.5 Å². The van der Waals surface area contributed by atoms with E-state index in [2.05, 4.69) is 31.8 Å². The number of rotatable bonds is 4. The number of carbonyl (C=O) groups excluding carboxylic acids is 1. The van der Waals surface area contributed by atoms with Gasteiger partial charge in [-0.25, -0.2) is 0 Å². The average Bonchev–Trinajstić information content (AvgIpc) is 2.75. The third-order valence-electron chi connectivity index (χ3n) is 4.74. The molecule has 3 aromatic carbocycles. The molecule has 1 amide bonds. The van der Waals surface area contributed by atoms with Crippen LogP contribution in [0.2, 0.25) is 0 Å². The lowest BCUT2D eigenvalue weighted by atomic mass is 10.1. The number of amides is 1. The van der Waals surface area contributed by atoms with E-state index in [0.717, 1.165) is 26.7 Å². The molecule has 0 fully saturated rings. The summed E-state index contributed by atoms with van der Waals surface area (Å²) < 4.78 is 6.90. The Morgan fingerprint density at radius 3 is 2.45 bits per heavy atom. The molecular weight excluding hydrogens is 458 g/mol. The first kappa shape index (κ1) is 20.7. The maximum Gasteiger partial charge on any atom is 0.261 e. The topological polar surface area (TPSA) is 86.9 Å². The summed E-state index contributed by atoms with van der Waals surface area (Å²) in [5, 5.41) is 17.9. The van der Waals surface area contributed by atoms with E-state index >= 15 is 0 Å². The molecule has 0 aliphatic carbocycles.